The molecule has 2 aliphatic rings. The van der Waals surface area contributed by atoms with Crippen LogP contribution >= 0.6 is 0 Å². The van der Waals surface area contributed by atoms with Gasteiger partial charge in [0.2, 0.25) is 0 Å². The molecule has 1 aromatic carbocycles. The van der Waals surface area contributed by atoms with E-state index in [1.165, 1.54) is 0 Å². The second-order valence-electron chi connectivity index (χ2n) is 5.76. The van der Waals surface area contributed by atoms with Crippen molar-refractivity contribution in [3.63, 3.8) is 0 Å². The van der Waals surface area contributed by atoms with Gasteiger partial charge in [0, 0.05) is 26.8 Å². The Morgan fingerprint density at radius 2 is 2.10 bits per heavy atom. The van der Waals surface area contributed by atoms with Crippen molar-refractivity contribution in [2.75, 3.05) is 38.7 Å². The Morgan fingerprint density at radius 1 is 1.33 bits per heavy atom. The van der Waals surface area contributed by atoms with Crippen LogP contribution in [0.15, 0.2) is 24.3 Å². The summed E-state index contributed by atoms with van der Waals surface area (Å²) in [7, 11) is 1.86. The van der Waals surface area contributed by atoms with E-state index in [2.05, 4.69) is 5.32 Å². The number of likely N-dealkylation sites (N-methyl/N-ethyl adjacent to an activating group) is 1. The lowest BCUT2D eigenvalue weighted by atomic mass is 9.99. The topological polar surface area (TPSA) is 50.8 Å². The minimum atomic E-state index is -0.440. The van der Waals surface area contributed by atoms with E-state index in [1.807, 2.05) is 31.3 Å². The first-order valence-electron chi connectivity index (χ1n) is 7.56. The maximum absolute atomic E-state index is 12.5. The van der Waals surface area contributed by atoms with Crippen LogP contribution in [-0.4, -0.2) is 50.3 Å². The van der Waals surface area contributed by atoms with Crippen molar-refractivity contribution >= 4 is 11.6 Å². The van der Waals surface area contributed by atoms with E-state index in [4.69, 9.17) is 9.47 Å². The average molecular weight is 290 g/mol. The minimum Gasteiger partial charge on any atom is -0.477 e. The molecule has 1 unspecified atom stereocenters. The number of nitrogens with zero attached hydrogens (tertiary/aromatic N) is 1. The number of fused-ring (bicyclic) bond motifs is 1. The van der Waals surface area contributed by atoms with E-state index in [1.54, 1.807) is 4.90 Å². The van der Waals surface area contributed by atoms with Crippen LogP contribution in [0.25, 0.3) is 0 Å². The van der Waals surface area contributed by atoms with Gasteiger partial charge in [0.25, 0.3) is 5.91 Å². The van der Waals surface area contributed by atoms with Gasteiger partial charge in [0.05, 0.1) is 12.2 Å². The predicted molar refractivity (Wildman–Crippen MR) is 80.5 cm³/mol. The summed E-state index contributed by atoms with van der Waals surface area (Å²) in [4.78, 5) is 14.3. The van der Waals surface area contributed by atoms with E-state index < -0.39 is 6.10 Å². The van der Waals surface area contributed by atoms with E-state index >= 15 is 0 Å². The van der Waals surface area contributed by atoms with Crippen LogP contribution in [0.5, 0.6) is 5.75 Å². The number of carbonyl (C=O) groups is 1. The molecule has 1 N–H and O–H groups in total. The van der Waals surface area contributed by atoms with E-state index in [0.717, 1.165) is 44.0 Å². The molecule has 0 aliphatic carbocycles. The van der Waals surface area contributed by atoms with E-state index in [-0.39, 0.29) is 5.91 Å². The predicted octanol–water partition coefficient (Wildman–Crippen LogP) is 1.74. The molecule has 5 heteroatoms. The standard InChI is InChI=1S/C16H22N2O3/c1-18(11-12-6-8-20-9-7-12)16(19)15-10-17-13-4-2-3-5-14(13)21-15/h2-5,12,15,17H,6-11H2,1H3. The lowest BCUT2D eigenvalue weighted by Crippen LogP contribution is -2.47. The minimum absolute atomic E-state index is 0.0449. The summed E-state index contributed by atoms with van der Waals surface area (Å²) in [6.45, 7) is 2.92. The summed E-state index contributed by atoms with van der Waals surface area (Å²) < 4.78 is 11.2. The Bertz CT molecular complexity index is 500. The maximum Gasteiger partial charge on any atom is 0.265 e. The van der Waals surface area contributed by atoms with Crippen molar-refractivity contribution in [2.24, 2.45) is 5.92 Å². The molecule has 0 spiro atoms. The SMILES string of the molecule is CN(CC1CCOCC1)C(=O)C1CNc2ccccc2O1. The molecule has 2 aliphatic heterocycles. The molecule has 114 valence electrons. The Kier molecular flexibility index (Phi) is 4.29. The van der Waals surface area contributed by atoms with Gasteiger partial charge >= 0.3 is 0 Å². The quantitative estimate of drug-likeness (QED) is 0.921. The van der Waals surface area contributed by atoms with Gasteiger partial charge in [-0.05, 0) is 30.9 Å². The monoisotopic (exact) mass is 290 g/mol. The number of amides is 1. The van der Waals surface area contributed by atoms with Gasteiger partial charge in [-0.1, -0.05) is 12.1 Å². The zero-order chi connectivity index (χ0) is 14.7. The number of hydrogen-bond donors (Lipinski definition) is 1. The average Bonchev–Trinajstić information content (AvgIpc) is 2.54. The van der Waals surface area contributed by atoms with Crippen LogP contribution in [0.3, 0.4) is 0 Å². The highest BCUT2D eigenvalue weighted by atomic mass is 16.5. The van der Waals surface area contributed by atoms with Crippen LogP contribution in [0.4, 0.5) is 5.69 Å². The molecule has 0 aromatic heterocycles. The fraction of sp³-hybridized carbons (Fsp3) is 0.562. The van der Waals surface area contributed by atoms with Crippen LogP contribution in [0.1, 0.15) is 12.8 Å². The molecular formula is C16H22N2O3. The van der Waals surface area contributed by atoms with E-state index in [9.17, 15) is 4.79 Å². The first-order valence-corrected chi connectivity index (χ1v) is 7.56. The molecule has 1 aromatic rings. The van der Waals surface area contributed by atoms with Gasteiger partial charge in [-0.3, -0.25) is 4.79 Å². The third-order valence-corrected chi connectivity index (χ3v) is 4.16. The third-order valence-electron chi connectivity index (χ3n) is 4.16. The van der Waals surface area contributed by atoms with Gasteiger partial charge < -0.3 is 19.7 Å². The zero-order valence-corrected chi connectivity index (χ0v) is 12.4. The third kappa shape index (κ3) is 3.29. The van der Waals surface area contributed by atoms with Crippen LogP contribution in [0.2, 0.25) is 0 Å². The van der Waals surface area contributed by atoms with Gasteiger partial charge in [0.15, 0.2) is 6.10 Å². The zero-order valence-electron chi connectivity index (χ0n) is 12.4. The molecule has 0 bridgehead atoms. The second kappa shape index (κ2) is 6.35. The largest absolute Gasteiger partial charge is 0.477 e. The lowest BCUT2D eigenvalue weighted by Gasteiger charge is -2.32. The number of rotatable bonds is 3. The van der Waals surface area contributed by atoms with Gasteiger partial charge in [0.1, 0.15) is 5.75 Å². The number of ether oxygens (including phenoxy) is 2. The highest BCUT2D eigenvalue weighted by Gasteiger charge is 2.29. The van der Waals surface area contributed by atoms with Crippen molar-refractivity contribution in [3.05, 3.63) is 24.3 Å². The summed E-state index contributed by atoms with van der Waals surface area (Å²) in [6.07, 6.45) is 1.62. The highest BCUT2D eigenvalue weighted by Crippen LogP contribution is 2.28. The number of nitrogens with one attached hydrogen (secondary N) is 1. The Hall–Kier alpha value is -1.75. The number of benzene rings is 1. The molecule has 1 fully saturated rings. The van der Waals surface area contributed by atoms with Crippen LogP contribution in [0, 0.1) is 5.92 Å². The number of para-hydroxylation sites is 2. The van der Waals surface area contributed by atoms with Crippen LogP contribution < -0.4 is 10.1 Å². The number of anilines is 1. The van der Waals surface area contributed by atoms with Crippen molar-refractivity contribution in [2.45, 2.75) is 18.9 Å². The molecule has 1 atom stereocenters. The van der Waals surface area contributed by atoms with Gasteiger partial charge in [-0.2, -0.15) is 0 Å². The Morgan fingerprint density at radius 3 is 2.90 bits per heavy atom. The summed E-state index contributed by atoms with van der Waals surface area (Å²) in [5, 5.41) is 3.26. The van der Waals surface area contributed by atoms with Gasteiger partial charge in [-0.15, -0.1) is 0 Å². The maximum atomic E-state index is 12.5. The molecule has 1 saturated heterocycles. The summed E-state index contributed by atoms with van der Waals surface area (Å²) in [5.74, 6) is 1.33. The summed E-state index contributed by atoms with van der Waals surface area (Å²) in [6, 6.07) is 7.72. The van der Waals surface area contributed by atoms with Crippen molar-refractivity contribution < 1.29 is 14.3 Å². The first-order chi connectivity index (χ1) is 10.2. The Balaban J connectivity index is 1.58. The normalized spacial score (nSPS) is 21.9. The Labute approximate surface area is 125 Å². The lowest BCUT2D eigenvalue weighted by molar-refractivity contribution is -0.138. The molecule has 1 amide bonds. The molecular weight excluding hydrogens is 268 g/mol. The summed E-state index contributed by atoms with van der Waals surface area (Å²) >= 11 is 0. The smallest absolute Gasteiger partial charge is 0.265 e. The molecule has 5 nitrogen and oxygen atoms in total. The second-order valence-corrected chi connectivity index (χ2v) is 5.76. The number of carbonyl (C=O) groups excluding carboxylic acids is 1. The molecule has 2 heterocycles. The molecule has 0 radical (unpaired) electrons. The molecule has 3 rings (SSSR count). The molecule has 0 saturated carbocycles. The first kappa shape index (κ1) is 14.2. The van der Waals surface area contributed by atoms with E-state index in [0.29, 0.717) is 12.5 Å². The fourth-order valence-electron chi connectivity index (χ4n) is 2.90. The fourth-order valence-corrected chi connectivity index (χ4v) is 2.90. The molecule has 21 heavy (non-hydrogen) atoms. The van der Waals surface area contributed by atoms with Crippen molar-refractivity contribution in [1.82, 2.24) is 4.90 Å². The van der Waals surface area contributed by atoms with Crippen molar-refractivity contribution in [3.8, 4) is 5.75 Å². The highest BCUT2D eigenvalue weighted by molar-refractivity contribution is 5.83. The number of hydrogen-bond acceptors (Lipinski definition) is 4. The van der Waals surface area contributed by atoms with Crippen molar-refractivity contribution in [1.29, 1.82) is 0 Å². The van der Waals surface area contributed by atoms with Gasteiger partial charge in [-0.25, -0.2) is 0 Å². The van der Waals surface area contributed by atoms with Crippen LogP contribution in [-0.2, 0) is 9.53 Å². The summed E-state index contributed by atoms with van der Waals surface area (Å²) in [5.41, 5.74) is 0.952.